The molecule has 0 aliphatic rings. The molecular formula is C22H41BrO. The number of carbonyl (C=O) groups excluding carboxylic acids is 1. The molecule has 0 bridgehead atoms. The molecule has 1 rings (SSSR count). The summed E-state index contributed by atoms with van der Waals surface area (Å²) in [5, 5.41) is 0. The SMILES string of the molecule is CCC.CCC(C)=O.CCCC(C)CCC.Cc1cccc(Br)c1. The van der Waals surface area contributed by atoms with E-state index in [-0.39, 0.29) is 5.78 Å². The third-order valence-corrected chi connectivity index (χ3v) is 3.53. The maximum Gasteiger partial charge on any atom is 0.129 e. The van der Waals surface area contributed by atoms with Gasteiger partial charge in [-0.05, 0) is 31.9 Å². The van der Waals surface area contributed by atoms with Gasteiger partial charge in [0.1, 0.15) is 5.78 Å². The van der Waals surface area contributed by atoms with E-state index < -0.39 is 0 Å². The van der Waals surface area contributed by atoms with Gasteiger partial charge >= 0.3 is 0 Å². The van der Waals surface area contributed by atoms with Gasteiger partial charge in [-0.3, -0.25) is 0 Å². The zero-order valence-electron chi connectivity index (χ0n) is 17.4. The Morgan fingerprint density at radius 2 is 1.46 bits per heavy atom. The van der Waals surface area contributed by atoms with Crippen LogP contribution in [0.3, 0.4) is 0 Å². The molecule has 24 heavy (non-hydrogen) atoms. The molecule has 0 radical (unpaired) electrons. The van der Waals surface area contributed by atoms with Gasteiger partial charge in [-0.15, -0.1) is 0 Å². The molecule has 0 amide bonds. The standard InChI is InChI=1S/C8H18.C7H7Br.C4H8O.C3H8/c1-4-6-8(3)7-5-2;1-6-3-2-4-7(8)5-6;1-3-4(2)5;1-3-2/h8H,4-7H2,1-3H3;2-5H,1H3;3H2,1-2H3;3H2,1-2H3. The lowest BCUT2D eigenvalue weighted by atomic mass is 10.0. The highest BCUT2D eigenvalue weighted by Gasteiger charge is 1.95. The minimum Gasteiger partial charge on any atom is -0.300 e. The fraction of sp³-hybridized carbons (Fsp3) is 0.682. The van der Waals surface area contributed by atoms with Crippen LogP contribution in [0.2, 0.25) is 0 Å². The smallest absolute Gasteiger partial charge is 0.129 e. The highest BCUT2D eigenvalue weighted by Crippen LogP contribution is 2.11. The summed E-state index contributed by atoms with van der Waals surface area (Å²) in [7, 11) is 0. The van der Waals surface area contributed by atoms with Crippen LogP contribution in [0.5, 0.6) is 0 Å². The Kier molecular flexibility index (Phi) is 26.3. The second kappa shape index (κ2) is 22.4. The number of rotatable bonds is 5. The van der Waals surface area contributed by atoms with E-state index in [0.717, 1.165) is 10.4 Å². The molecule has 0 aliphatic carbocycles. The Balaban J connectivity index is -0.000000261. The van der Waals surface area contributed by atoms with Crippen molar-refractivity contribution in [3.8, 4) is 0 Å². The van der Waals surface area contributed by atoms with Crippen LogP contribution in [0.25, 0.3) is 0 Å². The molecule has 0 aliphatic heterocycles. The van der Waals surface area contributed by atoms with Crippen LogP contribution in [-0.2, 0) is 4.79 Å². The molecule has 1 nitrogen and oxygen atoms in total. The van der Waals surface area contributed by atoms with Gasteiger partial charge in [0, 0.05) is 10.9 Å². The molecule has 142 valence electrons. The highest BCUT2D eigenvalue weighted by atomic mass is 79.9. The molecule has 0 heterocycles. The summed E-state index contributed by atoms with van der Waals surface area (Å²) in [6.07, 6.45) is 7.43. The lowest BCUT2D eigenvalue weighted by Crippen LogP contribution is -1.91. The number of hydrogen-bond donors (Lipinski definition) is 0. The summed E-state index contributed by atoms with van der Waals surface area (Å²) in [5.41, 5.74) is 1.29. The average Bonchev–Trinajstić information content (AvgIpc) is 2.49. The van der Waals surface area contributed by atoms with Crippen molar-refractivity contribution in [2.45, 2.75) is 93.9 Å². The van der Waals surface area contributed by atoms with Crippen molar-refractivity contribution in [1.82, 2.24) is 0 Å². The number of ketones is 1. The minimum absolute atomic E-state index is 0.255. The Hall–Kier alpha value is -0.630. The lowest BCUT2D eigenvalue weighted by Gasteiger charge is -2.05. The Bertz CT molecular complexity index is 351. The summed E-state index contributed by atoms with van der Waals surface area (Å²) in [5.74, 6) is 1.22. The van der Waals surface area contributed by atoms with E-state index in [1.54, 1.807) is 6.92 Å². The first-order valence-electron chi connectivity index (χ1n) is 9.50. The third-order valence-electron chi connectivity index (χ3n) is 3.04. The first-order chi connectivity index (χ1) is 11.3. The van der Waals surface area contributed by atoms with Gasteiger partial charge < -0.3 is 4.79 Å². The predicted molar refractivity (Wildman–Crippen MR) is 115 cm³/mol. The monoisotopic (exact) mass is 400 g/mol. The topological polar surface area (TPSA) is 17.1 Å². The number of Topliss-reactive ketones (excluding diaryl/α,β-unsaturated/α-hetero) is 1. The predicted octanol–water partition coefficient (Wildman–Crippen LogP) is 8.38. The highest BCUT2D eigenvalue weighted by molar-refractivity contribution is 9.10. The summed E-state index contributed by atoms with van der Waals surface area (Å²) in [4.78, 5) is 9.81. The number of aryl methyl sites for hydroxylation is 1. The molecule has 0 atom stereocenters. The zero-order valence-corrected chi connectivity index (χ0v) is 19.0. The second-order valence-corrected chi connectivity index (χ2v) is 7.16. The van der Waals surface area contributed by atoms with Gasteiger partial charge in [0.2, 0.25) is 0 Å². The number of hydrogen-bond acceptors (Lipinski definition) is 1. The molecule has 0 unspecified atom stereocenters. The van der Waals surface area contributed by atoms with Gasteiger partial charge in [0.15, 0.2) is 0 Å². The zero-order chi connectivity index (χ0) is 19.4. The maximum atomic E-state index is 9.81. The fourth-order valence-electron chi connectivity index (χ4n) is 1.74. The minimum atomic E-state index is 0.255. The molecule has 0 aromatic heterocycles. The normalized spacial score (nSPS) is 8.92. The molecular weight excluding hydrogens is 360 g/mol. The average molecular weight is 401 g/mol. The molecule has 0 N–H and O–H groups in total. The van der Waals surface area contributed by atoms with E-state index in [9.17, 15) is 4.79 Å². The van der Waals surface area contributed by atoms with Crippen molar-refractivity contribution < 1.29 is 4.79 Å². The lowest BCUT2D eigenvalue weighted by molar-refractivity contribution is -0.116. The quantitative estimate of drug-likeness (QED) is 0.484. The van der Waals surface area contributed by atoms with Gasteiger partial charge in [0.05, 0.1) is 0 Å². The van der Waals surface area contributed by atoms with E-state index in [4.69, 9.17) is 0 Å². The summed E-state index contributed by atoms with van der Waals surface area (Å²) >= 11 is 3.36. The summed E-state index contributed by atoms with van der Waals surface area (Å²) < 4.78 is 1.15. The summed E-state index contributed by atoms with van der Waals surface area (Å²) in [6, 6.07) is 8.21. The Morgan fingerprint density at radius 3 is 1.67 bits per heavy atom. The van der Waals surface area contributed by atoms with Crippen LogP contribution in [0.15, 0.2) is 28.7 Å². The van der Waals surface area contributed by atoms with Crippen LogP contribution in [0.1, 0.15) is 92.6 Å². The van der Waals surface area contributed by atoms with E-state index >= 15 is 0 Å². The number of halogens is 1. The largest absolute Gasteiger partial charge is 0.300 e. The second-order valence-electron chi connectivity index (χ2n) is 6.24. The fourth-order valence-corrected chi connectivity index (χ4v) is 2.25. The van der Waals surface area contributed by atoms with Crippen molar-refractivity contribution >= 4 is 21.7 Å². The van der Waals surface area contributed by atoms with E-state index in [1.165, 1.54) is 37.7 Å². The van der Waals surface area contributed by atoms with Crippen LogP contribution < -0.4 is 0 Å². The van der Waals surface area contributed by atoms with Crippen molar-refractivity contribution in [3.63, 3.8) is 0 Å². The van der Waals surface area contributed by atoms with Crippen molar-refractivity contribution in [2.75, 3.05) is 0 Å². The van der Waals surface area contributed by atoms with Crippen molar-refractivity contribution in [1.29, 1.82) is 0 Å². The molecule has 0 saturated carbocycles. The van der Waals surface area contributed by atoms with Crippen molar-refractivity contribution in [2.24, 2.45) is 5.92 Å². The van der Waals surface area contributed by atoms with E-state index in [2.05, 4.69) is 69.6 Å². The maximum absolute atomic E-state index is 9.81. The third kappa shape index (κ3) is 29.4. The first kappa shape index (κ1) is 28.2. The Morgan fingerprint density at radius 1 is 1.04 bits per heavy atom. The molecule has 2 heteroatoms. The number of benzene rings is 1. The molecule has 1 aromatic rings. The number of carbonyl (C=O) groups is 1. The van der Waals surface area contributed by atoms with Crippen LogP contribution in [0, 0.1) is 12.8 Å². The Labute approximate surface area is 160 Å². The molecule has 1 aromatic carbocycles. The van der Waals surface area contributed by atoms with Crippen LogP contribution >= 0.6 is 15.9 Å². The first-order valence-corrected chi connectivity index (χ1v) is 10.3. The molecule has 0 saturated heterocycles. The molecule has 0 fully saturated rings. The van der Waals surface area contributed by atoms with Crippen molar-refractivity contribution in [3.05, 3.63) is 34.3 Å². The van der Waals surface area contributed by atoms with Gasteiger partial charge in [-0.2, -0.15) is 0 Å². The van der Waals surface area contributed by atoms with Crippen LogP contribution in [-0.4, -0.2) is 5.78 Å². The van der Waals surface area contributed by atoms with Gasteiger partial charge in [0.25, 0.3) is 0 Å². The van der Waals surface area contributed by atoms with E-state index in [1.807, 2.05) is 19.1 Å². The van der Waals surface area contributed by atoms with Crippen LogP contribution in [0.4, 0.5) is 0 Å². The van der Waals surface area contributed by atoms with Gasteiger partial charge in [-0.1, -0.05) is 107 Å². The van der Waals surface area contributed by atoms with Gasteiger partial charge in [-0.25, -0.2) is 0 Å². The molecule has 0 spiro atoms. The summed E-state index contributed by atoms with van der Waals surface area (Å²) in [6.45, 7) is 16.6. The van der Waals surface area contributed by atoms with E-state index in [0.29, 0.717) is 6.42 Å².